The first kappa shape index (κ1) is 23.6. The average Bonchev–Trinajstić information content (AvgIpc) is 2.84. The molecule has 0 radical (unpaired) electrons. The number of amides is 1. The average molecular weight is 468 g/mol. The van der Waals surface area contributed by atoms with E-state index in [1.807, 2.05) is 0 Å². The van der Waals surface area contributed by atoms with Crippen molar-refractivity contribution in [3.05, 3.63) is 90.0 Å². The fourth-order valence-corrected chi connectivity index (χ4v) is 3.58. The van der Waals surface area contributed by atoms with E-state index in [1.165, 1.54) is 25.5 Å². The smallest absolute Gasteiger partial charge is 0.343 e. The highest BCUT2D eigenvalue weighted by atomic mass is 32.2. The topological polar surface area (TPSA) is 123 Å². The molecule has 170 valence electrons. The Labute approximate surface area is 191 Å². The van der Waals surface area contributed by atoms with Crippen molar-refractivity contribution in [3.8, 4) is 11.5 Å². The van der Waals surface area contributed by atoms with Crippen molar-refractivity contribution in [2.24, 2.45) is 5.10 Å². The van der Waals surface area contributed by atoms with Crippen LogP contribution < -0.4 is 19.6 Å². The molecule has 3 aromatic rings. The maximum absolute atomic E-state index is 12.2. The Morgan fingerprint density at radius 2 is 1.55 bits per heavy atom. The van der Waals surface area contributed by atoms with Gasteiger partial charge < -0.3 is 9.47 Å². The Hall–Kier alpha value is -4.02. The third kappa shape index (κ3) is 6.99. The molecular weight excluding hydrogens is 446 g/mol. The molecule has 1 amide bonds. The Balaban J connectivity index is 1.47. The fraction of sp³-hybridized carbons (Fsp3) is 0.0870. The fourth-order valence-electron chi connectivity index (χ4n) is 2.58. The van der Waals surface area contributed by atoms with Gasteiger partial charge in [-0.2, -0.15) is 5.10 Å². The predicted octanol–water partition coefficient (Wildman–Crippen LogP) is 2.34. The number of nitrogens with one attached hydrogen (secondary N) is 2. The summed E-state index contributed by atoms with van der Waals surface area (Å²) < 4.78 is 36.7. The maximum atomic E-state index is 12.2. The molecular formula is C23H21N3O6S. The van der Waals surface area contributed by atoms with Gasteiger partial charge in [0.1, 0.15) is 11.5 Å². The maximum Gasteiger partial charge on any atom is 0.343 e. The molecule has 0 heterocycles. The highest BCUT2D eigenvalue weighted by Gasteiger charge is 2.14. The summed E-state index contributed by atoms with van der Waals surface area (Å²) >= 11 is 0. The van der Waals surface area contributed by atoms with Crippen molar-refractivity contribution in [1.29, 1.82) is 0 Å². The largest absolute Gasteiger partial charge is 0.497 e. The number of esters is 1. The minimum Gasteiger partial charge on any atom is -0.497 e. The summed E-state index contributed by atoms with van der Waals surface area (Å²) in [6, 6.07) is 20.7. The predicted molar refractivity (Wildman–Crippen MR) is 122 cm³/mol. The molecule has 0 aliphatic rings. The van der Waals surface area contributed by atoms with Gasteiger partial charge in [-0.3, -0.25) is 4.79 Å². The summed E-state index contributed by atoms with van der Waals surface area (Å²) in [6.45, 7) is -0.463. The minimum atomic E-state index is -3.78. The van der Waals surface area contributed by atoms with Gasteiger partial charge >= 0.3 is 5.97 Å². The van der Waals surface area contributed by atoms with Gasteiger partial charge in [-0.25, -0.2) is 23.4 Å². The van der Waals surface area contributed by atoms with E-state index in [2.05, 4.69) is 15.2 Å². The number of methoxy groups -OCH3 is 1. The number of carbonyl (C=O) groups excluding carboxylic acids is 2. The molecule has 0 aromatic heterocycles. The Kier molecular flexibility index (Phi) is 7.90. The molecule has 0 aliphatic carbocycles. The molecule has 0 aliphatic heterocycles. The molecule has 0 fully saturated rings. The lowest BCUT2D eigenvalue weighted by Gasteiger charge is -2.06. The van der Waals surface area contributed by atoms with Crippen molar-refractivity contribution in [2.75, 3.05) is 13.7 Å². The van der Waals surface area contributed by atoms with E-state index in [0.717, 1.165) is 0 Å². The summed E-state index contributed by atoms with van der Waals surface area (Å²) in [4.78, 5) is 24.1. The first-order valence-corrected chi connectivity index (χ1v) is 11.2. The Morgan fingerprint density at radius 1 is 0.909 bits per heavy atom. The van der Waals surface area contributed by atoms with Crippen LogP contribution in [0.5, 0.6) is 11.5 Å². The first-order chi connectivity index (χ1) is 15.9. The number of hydrazone groups is 1. The number of benzene rings is 3. The van der Waals surface area contributed by atoms with Crippen molar-refractivity contribution in [3.63, 3.8) is 0 Å². The first-order valence-electron chi connectivity index (χ1n) is 9.70. The van der Waals surface area contributed by atoms with Crippen molar-refractivity contribution >= 4 is 28.1 Å². The minimum absolute atomic E-state index is 0.0640. The van der Waals surface area contributed by atoms with Gasteiger partial charge in [0.05, 0.1) is 30.3 Å². The number of hydrogen-bond acceptors (Lipinski definition) is 7. The monoisotopic (exact) mass is 467 g/mol. The van der Waals surface area contributed by atoms with Crippen molar-refractivity contribution in [2.45, 2.75) is 4.90 Å². The zero-order valence-electron chi connectivity index (χ0n) is 17.6. The van der Waals surface area contributed by atoms with Crippen LogP contribution in [-0.4, -0.2) is 40.2 Å². The quantitative estimate of drug-likeness (QED) is 0.216. The van der Waals surface area contributed by atoms with Gasteiger partial charge in [-0.15, -0.1) is 0 Å². The molecule has 10 heteroatoms. The number of carbonyl (C=O) groups is 2. The number of hydrogen-bond donors (Lipinski definition) is 2. The van der Waals surface area contributed by atoms with Crippen LogP contribution in [0.3, 0.4) is 0 Å². The summed E-state index contributed by atoms with van der Waals surface area (Å²) in [7, 11) is -2.24. The highest BCUT2D eigenvalue weighted by Crippen LogP contribution is 2.16. The lowest BCUT2D eigenvalue weighted by Crippen LogP contribution is -2.34. The van der Waals surface area contributed by atoms with Crippen LogP contribution in [0.4, 0.5) is 0 Å². The number of nitrogens with zero attached hydrogens (tertiary/aromatic N) is 1. The van der Waals surface area contributed by atoms with E-state index in [4.69, 9.17) is 9.47 Å². The van der Waals surface area contributed by atoms with Gasteiger partial charge in [-0.1, -0.05) is 18.2 Å². The van der Waals surface area contributed by atoms with Gasteiger partial charge in [0, 0.05) is 0 Å². The Bertz CT molecular complexity index is 1230. The van der Waals surface area contributed by atoms with Crippen LogP contribution in [-0.2, 0) is 14.8 Å². The SMILES string of the molecule is COc1ccc(C(=O)Oc2ccc(C=NNC(=O)CNS(=O)(=O)c3ccccc3)cc2)cc1. The van der Waals surface area contributed by atoms with E-state index < -0.39 is 28.4 Å². The van der Waals surface area contributed by atoms with Gasteiger partial charge in [0.15, 0.2) is 0 Å². The summed E-state index contributed by atoms with van der Waals surface area (Å²) in [5.74, 6) is -0.164. The van der Waals surface area contributed by atoms with E-state index in [1.54, 1.807) is 66.7 Å². The van der Waals surface area contributed by atoms with Gasteiger partial charge in [0.25, 0.3) is 5.91 Å². The van der Waals surface area contributed by atoms with Crippen molar-refractivity contribution in [1.82, 2.24) is 10.1 Å². The van der Waals surface area contributed by atoms with E-state index in [0.29, 0.717) is 22.6 Å². The van der Waals surface area contributed by atoms with Crippen LogP contribution in [0.2, 0.25) is 0 Å². The van der Waals surface area contributed by atoms with Crippen LogP contribution in [0.15, 0.2) is 88.9 Å². The second-order valence-electron chi connectivity index (χ2n) is 6.62. The summed E-state index contributed by atoms with van der Waals surface area (Å²) in [5, 5.41) is 3.79. The molecule has 0 spiro atoms. The lowest BCUT2D eigenvalue weighted by molar-refractivity contribution is -0.119. The number of sulfonamides is 1. The zero-order valence-corrected chi connectivity index (χ0v) is 18.4. The molecule has 33 heavy (non-hydrogen) atoms. The molecule has 0 saturated carbocycles. The zero-order chi connectivity index (χ0) is 23.7. The molecule has 2 N–H and O–H groups in total. The van der Waals surface area contributed by atoms with Crippen molar-refractivity contribution < 1.29 is 27.5 Å². The molecule has 0 saturated heterocycles. The van der Waals surface area contributed by atoms with Crippen LogP contribution in [0.25, 0.3) is 0 Å². The van der Waals surface area contributed by atoms with Crippen LogP contribution in [0.1, 0.15) is 15.9 Å². The molecule has 3 aromatic carbocycles. The second kappa shape index (κ2) is 11.0. The Morgan fingerprint density at radius 3 is 2.18 bits per heavy atom. The summed E-state index contributed by atoms with van der Waals surface area (Å²) in [6.07, 6.45) is 1.37. The molecule has 0 atom stereocenters. The molecule has 0 unspecified atom stereocenters. The number of ether oxygens (including phenoxy) is 2. The van der Waals surface area contributed by atoms with Crippen LogP contribution >= 0.6 is 0 Å². The van der Waals surface area contributed by atoms with Gasteiger partial charge in [-0.05, 0) is 66.2 Å². The molecule has 3 rings (SSSR count). The van der Waals surface area contributed by atoms with E-state index >= 15 is 0 Å². The summed E-state index contributed by atoms with van der Waals surface area (Å²) in [5.41, 5.74) is 3.25. The third-order valence-electron chi connectivity index (χ3n) is 4.30. The standard InChI is InChI=1S/C23H21N3O6S/c1-31-19-13-9-18(10-14-19)23(28)32-20-11-7-17(8-12-20)15-24-26-22(27)16-25-33(29,30)21-5-3-2-4-6-21/h2-15,25H,16H2,1H3,(H,26,27). The van der Waals surface area contributed by atoms with E-state index in [9.17, 15) is 18.0 Å². The third-order valence-corrected chi connectivity index (χ3v) is 5.71. The van der Waals surface area contributed by atoms with Gasteiger partial charge in [0.2, 0.25) is 10.0 Å². The lowest BCUT2D eigenvalue weighted by atomic mass is 10.2. The molecule has 9 nitrogen and oxygen atoms in total. The normalized spacial score (nSPS) is 11.2. The second-order valence-corrected chi connectivity index (χ2v) is 8.38. The molecule has 0 bridgehead atoms. The van der Waals surface area contributed by atoms with E-state index in [-0.39, 0.29) is 4.90 Å². The highest BCUT2D eigenvalue weighted by molar-refractivity contribution is 7.89. The van der Waals surface area contributed by atoms with Crippen LogP contribution in [0, 0.1) is 0 Å². The number of rotatable bonds is 9.